The summed E-state index contributed by atoms with van der Waals surface area (Å²) in [5, 5.41) is 11.2. The highest BCUT2D eigenvalue weighted by molar-refractivity contribution is 6.31. The molecule has 5 N–H and O–H groups in total. The van der Waals surface area contributed by atoms with Crippen LogP contribution in [0.5, 0.6) is 5.75 Å². The van der Waals surface area contributed by atoms with E-state index in [1.807, 2.05) is 6.92 Å². The molecule has 2 unspecified atom stereocenters. The lowest BCUT2D eigenvalue weighted by Crippen LogP contribution is -2.50. The average molecular weight is 611 g/mol. The average Bonchev–Trinajstić information content (AvgIpc) is 3.24. The number of amides is 1. The van der Waals surface area contributed by atoms with Gasteiger partial charge in [-0.1, -0.05) is 37.8 Å². The number of Topliss-reactive ketones (excluding diaryl/α,β-unsaturated/α-hetero) is 1. The molecular weight excluding hydrogens is 570 g/mol. The quantitative estimate of drug-likeness (QED) is 0.219. The zero-order valence-corrected chi connectivity index (χ0v) is 25.1. The van der Waals surface area contributed by atoms with Crippen molar-refractivity contribution < 1.29 is 33.0 Å². The van der Waals surface area contributed by atoms with Crippen LogP contribution in [0.4, 0.5) is 8.78 Å². The van der Waals surface area contributed by atoms with E-state index >= 15 is 0 Å². The second-order valence-electron chi connectivity index (χ2n) is 12.3. The Morgan fingerprint density at radius 1 is 1.26 bits per heavy atom. The number of benzene rings is 1. The van der Waals surface area contributed by atoms with Crippen LogP contribution in [0.3, 0.4) is 0 Å². The highest BCUT2D eigenvalue weighted by Crippen LogP contribution is 2.50. The molecule has 42 heavy (non-hydrogen) atoms. The Bertz CT molecular complexity index is 1250. The number of allylic oxidation sites excluding steroid dienone is 1. The number of carbonyl (C=O) groups is 3. The number of hydrazine groups is 1. The van der Waals surface area contributed by atoms with Gasteiger partial charge >= 0.3 is 5.97 Å². The minimum absolute atomic E-state index is 0.0261. The Hall–Kier alpha value is -2.92. The molecule has 0 bridgehead atoms. The summed E-state index contributed by atoms with van der Waals surface area (Å²) in [6, 6.07) is 2.50. The number of hydrogen-bond donors (Lipinski definition) is 3. The Kier molecular flexibility index (Phi) is 9.72. The van der Waals surface area contributed by atoms with E-state index in [1.165, 1.54) is 7.05 Å². The zero-order chi connectivity index (χ0) is 30.9. The number of halogens is 3. The van der Waals surface area contributed by atoms with Crippen LogP contribution in [-0.2, 0) is 20.8 Å². The van der Waals surface area contributed by atoms with E-state index in [9.17, 15) is 28.3 Å². The van der Waals surface area contributed by atoms with Crippen molar-refractivity contribution in [1.29, 1.82) is 0 Å². The number of nitrogens with zero attached hydrogens (tertiary/aromatic N) is 2. The number of carboxylic acid groups (broad SMARTS) is 1. The maximum Gasteiger partial charge on any atom is 0.310 e. The van der Waals surface area contributed by atoms with Crippen LogP contribution >= 0.6 is 11.6 Å². The van der Waals surface area contributed by atoms with Crippen LogP contribution in [0.25, 0.3) is 0 Å². The van der Waals surface area contributed by atoms with Crippen molar-refractivity contribution in [2.45, 2.75) is 77.7 Å². The Balaban J connectivity index is 1.82. The lowest BCUT2D eigenvalue weighted by molar-refractivity contribution is -0.158. The number of ketones is 1. The van der Waals surface area contributed by atoms with Crippen LogP contribution in [0, 0.1) is 23.2 Å². The Morgan fingerprint density at radius 3 is 2.62 bits per heavy atom. The first-order chi connectivity index (χ1) is 19.8. The molecule has 1 aliphatic heterocycles. The van der Waals surface area contributed by atoms with Crippen LogP contribution < -0.4 is 16.3 Å². The molecule has 3 aliphatic rings. The fraction of sp³-hybridized carbons (Fsp3) is 0.633. The predicted octanol–water partition coefficient (Wildman–Crippen LogP) is 4.67. The van der Waals surface area contributed by atoms with Crippen molar-refractivity contribution in [3.63, 3.8) is 0 Å². The van der Waals surface area contributed by atoms with E-state index in [1.54, 1.807) is 24.0 Å². The Labute approximate surface area is 250 Å². The minimum atomic E-state index is -2.93. The standard InChI is InChI=1S/C30H41ClF2N4O5/c1-16-6-4-7-18(22(38)14-16)25-24-17(11-13-37(25)28(39)19-8-5-12-30(19,2)29(40)41)20(31)9-10-23(24)42-15-21(34)26(27(32)33)36(3)35/h9-10,16,18-19,25,27H,4-8,11-15,34-35H2,1-3H3,(H,40,41)/b26-21-/t16-,18?,19-,25?,30-/m0/s1. The third kappa shape index (κ3) is 6.08. The van der Waals surface area contributed by atoms with Gasteiger partial charge in [0.05, 0.1) is 23.1 Å². The molecule has 4 rings (SSSR count). The van der Waals surface area contributed by atoms with Crippen LogP contribution in [-0.4, -0.2) is 59.3 Å². The summed E-state index contributed by atoms with van der Waals surface area (Å²) in [4.78, 5) is 42.0. The number of rotatable bonds is 8. The first-order valence-electron chi connectivity index (χ1n) is 14.5. The van der Waals surface area contributed by atoms with E-state index < -0.39 is 48.0 Å². The molecule has 0 aromatic heterocycles. The topological polar surface area (TPSA) is 139 Å². The fourth-order valence-electron chi connectivity index (χ4n) is 7.06. The van der Waals surface area contributed by atoms with Gasteiger partial charge in [0.25, 0.3) is 6.43 Å². The number of carboxylic acids is 1. The van der Waals surface area contributed by atoms with Gasteiger partial charge in [0.2, 0.25) is 5.91 Å². The SMILES string of the molecule is C[C@H]1CCCC(C2c3c(OC/C(N)=C(\C(F)F)N(C)N)ccc(Cl)c3CCN2C(=O)[C@@H]2CCC[C@]2(C)C(=O)O)C(=O)C1. The molecule has 2 fully saturated rings. The normalized spacial score (nSPS) is 28.7. The number of nitrogens with two attached hydrogens (primary N) is 2. The van der Waals surface area contributed by atoms with E-state index in [2.05, 4.69) is 0 Å². The Morgan fingerprint density at radius 2 is 1.98 bits per heavy atom. The van der Waals surface area contributed by atoms with Gasteiger partial charge in [0.1, 0.15) is 23.8 Å². The summed E-state index contributed by atoms with van der Waals surface area (Å²) < 4.78 is 33.3. The van der Waals surface area contributed by atoms with E-state index in [4.69, 9.17) is 27.9 Å². The summed E-state index contributed by atoms with van der Waals surface area (Å²) in [7, 11) is 1.25. The highest BCUT2D eigenvalue weighted by Gasteiger charge is 2.52. The van der Waals surface area contributed by atoms with Gasteiger partial charge in [0, 0.05) is 36.5 Å². The molecule has 1 amide bonds. The highest BCUT2D eigenvalue weighted by atomic mass is 35.5. The predicted molar refractivity (Wildman–Crippen MR) is 153 cm³/mol. The first-order valence-corrected chi connectivity index (χ1v) is 14.9. The largest absolute Gasteiger partial charge is 0.487 e. The molecule has 2 saturated carbocycles. The maximum absolute atomic E-state index is 14.3. The molecule has 232 valence electrons. The maximum atomic E-state index is 14.3. The molecule has 0 radical (unpaired) electrons. The van der Waals surface area contributed by atoms with Crippen molar-refractivity contribution in [2.75, 3.05) is 20.2 Å². The van der Waals surface area contributed by atoms with Gasteiger partial charge in [-0.3, -0.25) is 14.4 Å². The van der Waals surface area contributed by atoms with Crippen LogP contribution in [0.2, 0.25) is 5.02 Å². The minimum Gasteiger partial charge on any atom is -0.487 e. The van der Waals surface area contributed by atoms with Crippen molar-refractivity contribution in [3.05, 3.63) is 39.7 Å². The summed E-state index contributed by atoms with van der Waals surface area (Å²) in [6.07, 6.45) is 1.44. The number of alkyl halides is 2. The lowest BCUT2D eigenvalue weighted by atomic mass is 9.76. The molecule has 0 saturated heterocycles. The second kappa shape index (κ2) is 12.8. The molecule has 0 spiro atoms. The molecule has 1 heterocycles. The molecular formula is C30H41ClF2N4O5. The number of ether oxygens (including phenoxy) is 1. The molecule has 5 atom stereocenters. The third-order valence-electron chi connectivity index (χ3n) is 9.38. The van der Waals surface area contributed by atoms with E-state index in [0.717, 1.165) is 17.9 Å². The van der Waals surface area contributed by atoms with Crippen molar-refractivity contribution in [3.8, 4) is 5.75 Å². The second-order valence-corrected chi connectivity index (χ2v) is 12.7. The lowest BCUT2D eigenvalue weighted by Gasteiger charge is -2.44. The summed E-state index contributed by atoms with van der Waals surface area (Å²) in [6.45, 7) is 3.50. The summed E-state index contributed by atoms with van der Waals surface area (Å²) >= 11 is 6.67. The van der Waals surface area contributed by atoms with Gasteiger partial charge in [-0.2, -0.15) is 0 Å². The fourth-order valence-corrected chi connectivity index (χ4v) is 7.32. The van der Waals surface area contributed by atoms with E-state index in [-0.39, 0.29) is 35.6 Å². The summed E-state index contributed by atoms with van der Waals surface area (Å²) in [5.41, 5.74) is 5.20. The van der Waals surface area contributed by atoms with Gasteiger partial charge < -0.3 is 25.5 Å². The van der Waals surface area contributed by atoms with Crippen molar-refractivity contribution >= 4 is 29.3 Å². The van der Waals surface area contributed by atoms with Crippen LogP contribution in [0.1, 0.15) is 76.0 Å². The number of hydrogen-bond acceptors (Lipinski definition) is 7. The number of fused-ring (bicyclic) bond motifs is 1. The van der Waals surface area contributed by atoms with Gasteiger partial charge in [0.15, 0.2) is 0 Å². The van der Waals surface area contributed by atoms with Gasteiger partial charge in [-0.05, 0) is 56.2 Å². The monoisotopic (exact) mass is 610 g/mol. The molecule has 1 aromatic rings. The van der Waals surface area contributed by atoms with Crippen molar-refractivity contribution in [1.82, 2.24) is 9.91 Å². The number of carbonyl (C=O) groups excluding carboxylic acids is 2. The molecule has 1 aromatic carbocycles. The van der Waals surface area contributed by atoms with E-state index in [0.29, 0.717) is 54.7 Å². The third-order valence-corrected chi connectivity index (χ3v) is 9.73. The van der Waals surface area contributed by atoms with Crippen LogP contribution in [0.15, 0.2) is 23.5 Å². The summed E-state index contributed by atoms with van der Waals surface area (Å²) in [5.74, 6) is 3.47. The number of aliphatic carboxylic acids is 1. The molecule has 2 aliphatic carbocycles. The smallest absolute Gasteiger partial charge is 0.310 e. The first kappa shape index (κ1) is 32.0. The van der Waals surface area contributed by atoms with Gasteiger partial charge in [-0.15, -0.1) is 0 Å². The van der Waals surface area contributed by atoms with Gasteiger partial charge in [-0.25, -0.2) is 14.6 Å². The zero-order valence-electron chi connectivity index (χ0n) is 24.4. The molecule has 9 nitrogen and oxygen atoms in total. The van der Waals surface area contributed by atoms with Crippen molar-refractivity contribution in [2.24, 2.45) is 34.7 Å². The molecule has 12 heteroatoms.